The number of methoxy groups -OCH3 is 1. The van der Waals surface area contributed by atoms with Crippen LogP contribution in [0.4, 0.5) is 11.5 Å². The zero-order valence-electron chi connectivity index (χ0n) is 13.1. The second-order valence-electron chi connectivity index (χ2n) is 5.01. The first-order valence-corrected chi connectivity index (χ1v) is 8.03. The largest absolute Gasteiger partial charge is 0.385 e. The van der Waals surface area contributed by atoms with Crippen molar-refractivity contribution in [3.63, 3.8) is 0 Å². The van der Waals surface area contributed by atoms with Gasteiger partial charge in [0, 0.05) is 24.7 Å². The van der Waals surface area contributed by atoms with E-state index in [0.717, 1.165) is 22.1 Å². The molecule has 0 spiro atoms. The summed E-state index contributed by atoms with van der Waals surface area (Å²) in [4.78, 5) is 11.9. The number of amides is 1. The van der Waals surface area contributed by atoms with Crippen LogP contribution in [0.2, 0.25) is 0 Å². The highest BCUT2D eigenvalue weighted by atomic mass is 79.9. The van der Waals surface area contributed by atoms with Gasteiger partial charge in [-0.3, -0.25) is 4.79 Å². The van der Waals surface area contributed by atoms with Gasteiger partial charge in [0.25, 0.3) is 5.91 Å². The molecule has 0 saturated carbocycles. The van der Waals surface area contributed by atoms with Crippen LogP contribution in [0, 0.1) is 6.92 Å². The molecule has 1 heterocycles. The van der Waals surface area contributed by atoms with Crippen LogP contribution in [0.1, 0.15) is 22.5 Å². The minimum Gasteiger partial charge on any atom is -0.385 e. The first-order valence-electron chi connectivity index (χ1n) is 7.24. The standard InChI is InChI=1S/C16H19BrN4O2/c1-11-4-5-13(12(17)10-11)19-15-7-6-14(20-21-15)16(22)18-8-3-9-23-2/h4-7,10H,3,8-9H2,1-2H3,(H,18,22)(H,19,21). The molecule has 2 aromatic rings. The zero-order chi connectivity index (χ0) is 16.7. The Kier molecular flexibility index (Phi) is 6.49. The third-order valence-electron chi connectivity index (χ3n) is 3.10. The number of nitrogens with zero attached hydrogens (tertiary/aromatic N) is 2. The summed E-state index contributed by atoms with van der Waals surface area (Å²) >= 11 is 3.50. The van der Waals surface area contributed by atoms with E-state index in [4.69, 9.17) is 4.74 Å². The maximum atomic E-state index is 11.9. The average molecular weight is 379 g/mol. The summed E-state index contributed by atoms with van der Waals surface area (Å²) in [6.45, 7) is 3.18. The van der Waals surface area contributed by atoms with Gasteiger partial charge in [-0.15, -0.1) is 10.2 Å². The summed E-state index contributed by atoms with van der Waals surface area (Å²) in [5, 5.41) is 13.9. The van der Waals surface area contributed by atoms with E-state index in [9.17, 15) is 4.79 Å². The summed E-state index contributed by atoms with van der Waals surface area (Å²) in [5.41, 5.74) is 2.34. The lowest BCUT2D eigenvalue weighted by Gasteiger charge is -2.08. The molecule has 23 heavy (non-hydrogen) atoms. The van der Waals surface area contributed by atoms with E-state index in [1.54, 1.807) is 19.2 Å². The lowest BCUT2D eigenvalue weighted by molar-refractivity contribution is 0.0942. The molecule has 7 heteroatoms. The van der Waals surface area contributed by atoms with E-state index < -0.39 is 0 Å². The molecule has 0 unspecified atom stereocenters. The first-order chi connectivity index (χ1) is 11.1. The van der Waals surface area contributed by atoms with Crippen molar-refractivity contribution in [2.24, 2.45) is 0 Å². The van der Waals surface area contributed by atoms with Crippen LogP contribution >= 0.6 is 15.9 Å². The van der Waals surface area contributed by atoms with Gasteiger partial charge in [-0.05, 0) is 59.1 Å². The van der Waals surface area contributed by atoms with E-state index in [2.05, 4.69) is 36.8 Å². The van der Waals surface area contributed by atoms with Crippen LogP contribution in [-0.2, 0) is 4.74 Å². The monoisotopic (exact) mass is 378 g/mol. The molecule has 2 N–H and O–H groups in total. The summed E-state index contributed by atoms with van der Waals surface area (Å²) in [6.07, 6.45) is 0.761. The van der Waals surface area contributed by atoms with E-state index >= 15 is 0 Å². The Labute approximate surface area is 143 Å². The minimum atomic E-state index is -0.239. The number of carbonyl (C=O) groups is 1. The Morgan fingerprint density at radius 1 is 1.26 bits per heavy atom. The number of hydrogen-bond donors (Lipinski definition) is 2. The Hall–Kier alpha value is -1.99. The Bertz CT molecular complexity index is 662. The second-order valence-corrected chi connectivity index (χ2v) is 5.87. The van der Waals surface area contributed by atoms with Gasteiger partial charge in [0.1, 0.15) is 0 Å². The predicted molar refractivity (Wildman–Crippen MR) is 93.0 cm³/mol. The summed E-state index contributed by atoms with van der Waals surface area (Å²) in [5.74, 6) is 0.335. The summed E-state index contributed by atoms with van der Waals surface area (Å²) < 4.78 is 5.87. The summed E-state index contributed by atoms with van der Waals surface area (Å²) in [6, 6.07) is 9.34. The van der Waals surface area contributed by atoms with Crippen LogP contribution in [0.5, 0.6) is 0 Å². The van der Waals surface area contributed by atoms with E-state index in [0.29, 0.717) is 19.0 Å². The molecular weight excluding hydrogens is 360 g/mol. The number of nitrogens with one attached hydrogen (secondary N) is 2. The lowest BCUT2D eigenvalue weighted by atomic mass is 10.2. The number of rotatable bonds is 7. The molecule has 0 aliphatic heterocycles. The van der Waals surface area contributed by atoms with Crippen molar-refractivity contribution in [1.29, 1.82) is 0 Å². The second kappa shape index (κ2) is 8.59. The average Bonchev–Trinajstić information content (AvgIpc) is 2.55. The number of aromatic nitrogens is 2. The molecule has 1 amide bonds. The van der Waals surface area contributed by atoms with Crippen LogP contribution in [0.15, 0.2) is 34.8 Å². The van der Waals surface area contributed by atoms with Crippen LogP contribution < -0.4 is 10.6 Å². The van der Waals surface area contributed by atoms with E-state index in [1.165, 1.54) is 0 Å². The van der Waals surface area contributed by atoms with Gasteiger partial charge >= 0.3 is 0 Å². The van der Waals surface area contributed by atoms with Gasteiger partial charge in [0.2, 0.25) is 0 Å². The molecule has 0 radical (unpaired) electrons. The van der Waals surface area contributed by atoms with Crippen molar-refractivity contribution in [1.82, 2.24) is 15.5 Å². The molecule has 122 valence electrons. The minimum absolute atomic E-state index is 0.239. The third kappa shape index (κ3) is 5.30. The van der Waals surface area contributed by atoms with Crippen molar-refractivity contribution in [3.05, 3.63) is 46.1 Å². The van der Waals surface area contributed by atoms with Crippen molar-refractivity contribution in [2.75, 3.05) is 25.6 Å². The van der Waals surface area contributed by atoms with Gasteiger partial charge in [-0.2, -0.15) is 0 Å². The smallest absolute Gasteiger partial charge is 0.271 e. The summed E-state index contributed by atoms with van der Waals surface area (Å²) in [7, 11) is 1.63. The van der Waals surface area contributed by atoms with Gasteiger partial charge in [0.15, 0.2) is 11.5 Å². The molecule has 0 atom stereocenters. The maximum Gasteiger partial charge on any atom is 0.271 e. The van der Waals surface area contributed by atoms with Gasteiger partial charge < -0.3 is 15.4 Å². The number of hydrogen-bond acceptors (Lipinski definition) is 5. The van der Waals surface area contributed by atoms with Crippen LogP contribution in [0.25, 0.3) is 0 Å². The third-order valence-corrected chi connectivity index (χ3v) is 3.75. The molecule has 0 aliphatic carbocycles. The van der Waals surface area contributed by atoms with Crippen molar-refractivity contribution < 1.29 is 9.53 Å². The predicted octanol–water partition coefficient (Wildman–Crippen LogP) is 3.06. The number of aryl methyl sites for hydroxylation is 1. The molecule has 0 saturated heterocycles. The number of benzene rings is 1. The SMILES string of the molecule is COCCCNC(=O)c1ccc(Nc2ccc(C)cc2Br)nn1. The highest BCUT2D eigenvalue weighted by Crippen LogP contribution is 2.25. The molecule has 2 rings (SSSR count). The lowest BCUT2D eigenvalue weighted by Crippen LogP contribution is -2.26. The van der Waals surface area contributed by atoms with Gasteiger partial charge in [-0.25, -0.2) is 0 Å². The van der Waals surface area contributed by atoms with E-state index in [1.807, 2.05) is 25.1 Å². The molecule has 1 aromatic carbocycles. The highest BCUT2D eigenvalue weighted by molar-refractivity contribution is 9.10. The Morgan fingerprint density at radius 3 is 2.74 bits per heavy atom. The van der Waals surface area contributed by atoms with Gasteiger partial charge in [0.05, 0.1) is 5.69 Å². The number of halogens is 1. The molecule has 0 aliphatic rings. The number of carbonyl (C=O) groups excluding carboxylic acids is 1. The van der Waals surface area contributed by atoms with Crippen molar-refractivity contribution in [3.8, 4) is 0 Å². The van der Waals surface area contributed by atoms with E-state index in [-0.39, 0.29) is 11.6 Å². The van der Waals surface area contributed by atoms with Gasteiger partial charge in [-0.1, -0.05) is 6.07 Å². The van der Waals surface area contributed by atoms with Crippen molar-refractivity contribution >= 4 is 33.3 Å². The first kappa shape index (κ1) is 17.4. The highest BCUT2D eigenvalue weighted by Gasteiger charge is 2.08. The number of anilines is 2. The van der Waals surface area contributed by atoms with Crippen LogP contribution in [-0.4, -0.2) is 36.4 Å². The zero-order valence-corrected chi connectivity index (χ0v) is 14.7. The normalized spacial score (nSPS) is 10.4. The fourth-order valence-electron chi connectivity index (χ4n) is 1.89. The maximum absolute atomic E-state index is 11.9. The fraction of sp³-hybridized carbons (Fsp3) is 0.312. The molecule has 6 nitrogen and oxygen atoms in total. The molecule has 1 aromatic heterocycles. The molecule has 0 fully saturated rings. The number of ether oxygens (including phenoxy) is 1. The quantitative estimate of drug-likeness (QED) is 0.724. The van der Waals surface area contributed by atoms with Crippen LogP contribution in [0.3, 0.4) is 0 Å². The van der Waals surface area contributed by atoms with Crippen molar-refractivity contribution in [2.45, 2.75) is 13.3 Å². The fourth-order valence-corrected chi connectivity index (χ4v) is 2.48. The Morgan fingerprint density at radius 2 is 2.09 bits per heavy atom. The Balaban J connectivity index is 1.95. The topological polar surface area (TPSA) is 76.1 Å². The molecule has 0 bridgehead atoms. The molecular formula is C16H19BrN4O2.